The Morgan fingerprint density at radius 2 is 2.06 bits per heavy atom. The Balaban J connectivity index is 2.14. The molecular weight excluding hydrogens is 218 g/mol. The van der Waals surface area contributed by atoms with Crippen molar-refractivity contribution in [3.63, 3.8) is 0 Å². The molecule has 0 bridgehead atoms. The number of hydrogen-bond donors (Lipinski definition) is 1. The van der Waals surface area contributed by atoms with Crippen molar-refractivity contribution >= 4 is 5.97 Å². The van der Waals surface area contributed by atoms with E-state index in [0.29, 0.717) is 13.0 Å². The number of carbonyl (C=O) groups is 1. The standard InChI is InChI=1S/C13H17NO3/c1-14-8-10(13(15)16)7-12(14)9-3-5-11(17-2)6-4-9/h3-6,10,12H,7-8H2,1-2H3,(H,15,16)/t10-,12-/m0/s1. The first-order valence-electron chi connectivity index (χ1n) is 5.69. The van der Waals surface area contributed by atoms with Crippen LogP contribution in [0.15, 0.2) is 24.3 Å². The maximum absolute atomic E-state index is 11.0. The molecule has 0 aliphatic carbocycles. The molecular formula is C13H17NO3. The van der Waals surface area contributed by atoms with Crippen LogP contribution in [0, 0.1) is 5.92 Å². The molecule has 4 heteroatoms. The van der Waals surface area contributed by atoms with Crippen molar-refractivity contribution in [3.8, 4) is 5.75 Å². The van der Waals surface area contributed by atoms with E-state index in [1.807, 2.05) is 31.3 Å². The number of ether oxygens (including phenoxy) is 1. The van der Waals surface area contributed by atoms with Gasteiger partial charge in [-0.3, -0.25) is 9.69 Å². The van der Waals surface area contributed by atoms with Gasteiger partial charge in [0.05, 0.1) is 13.0 Å². The van der Waals surface area contributed by atoms with Gasteiger partial charge in [-0.05, 0) is 31.2 Å². The number of carboxylic acids is 1. The lowest BCUT2D eigenvalue weighted by atomic mass is 10.00. The van der Waals surface area contributed by atoms with E-state index in [1.165, 1.54) is 0 Å². The molecule has 1 fully saturated rings. The van der Waals surface area contributed by atoms with Crippen LogP contribution < -0.4 is 4.74 Å². The van der Waals surface area contributed by atoms with Gasteiger partial charge in [-0.1, -0.05) is 12.1 Å². The monoisotopic (exact) mass is 235 g/mol. The molecule has 1 heterocycles. The first-order valence-corrected chi connectivity index (χ1v) is 5.69. The SMILES string of the molecule is COc1ccc([C@@H]2C[C@H](C(=O)O)CN2C)cc1. The zero-order chi connectivity index (χ0) is 12.4. The van der Waals surface area contributed by atoms with E-state index in [4.69, 9.17) is 9.84 Å². The van der Waals surface area contributed by atoms with Crippen LogP contribution in [0.3, 0.4) is 0 Å². The lowest BCUT2D eigenvalue weighted by Gasteiger charge is -2.19. The Labute approximate surface area is 101 Å². The van der Waals surface area contributed by atoms with Crippen molar-refractivity contribution in [2.24, 2.45) is 5.92 Å². The summed E-state index contributed by atoms with van der Waals surface area (Å²) in [5.41, 5.74) is 1.15. The maximum Gasteiger partial charge on any atom is 0.307 e. The van der Waals surface area contributed by atoms with Crippen molar-refractivity contribution in [2.75, 3.05) is 20.7 Å². The Hall–Kier alpha value is -1.55. The molecule has 2 atom stereocenters. The van der Waals surface area contributed by atoms with E-state index < -0.39 is 5.97 Å². The van der Waals surface area contributed by atoms with Crippen LogP contribution in [0.2, 0.25) is 0 Å². The molecule has 0 radical (unpaired) electrons. The molecule has 0 amide bonds. The van der Waals surface area contributed by atoms with Crippen molar-refractivity contribution < 1.29 is 14.6 Å². The van der Waals surface area contributed by atoms with Gasteiger partial charge < -0.3 is 9.84 Å². The van der Waals surface area contributed by atoms with E-state index in [-0.39, 0.29) is 12.0 Å². The third-order valence-electron chi connectivity index (χ3n) is 3.40. The van der Waals surface area contributed by atoms with Gasteiger partial charge in [0, 0.05) is 12.6 Å². The van der Waals surface area contributed by atoms with E-state index >= 15 is 0 Å². The number of benzene rings is 1. The number of likely N-dealkylation sites (tertiary alicyclic amines) is 1. The van der Waals surface area contributed by atoms with Gasteiger partial charge in [-0.25, -0.2) is 0 Å². The summed E-state index contributed by atoms with van der Waals surface area (Å²) < 4.78 is 5.11. The third-order valence-corrected chi connectivity index (χ3v) is 3.40. The highest BCUT2D eigenvalue weighted by atomic mass is 16.5. The van der Waals surface area contributed by atoms with E-state index in [9.17, 15) is 4.79 Å². The van der Waals surface area contributed by atoms with Gasteiger partial charge in [0.1, 0.15) is 5.75 Å². The van der Waals surface area contributed by atoms with E-state index in [0.717, 1.165) is 11.3 Å². The smallest absolute Gasteiger partial charge is 0.307 e. The summed E-state index contributed by atoms with van der Waals surface area (Å²) in [5.74, 6) is -0.135. The maximum atomic E-state index is 11.0. The predicted octanol–water partition coefficient (Wildman–Crippen LogP) is 1.77. The largest absolute Gasteiger partial charge is 0.497 e. The predicted molar refractivity (Wildman–Crippen MR) is 64.1 cm³/mol. The van der Waals surface area contributed by atoms with Crippen LogP contribution >= 0.6 is 0 Å². The first-order chi connectivity index (χ1) is 8.11. The highest BCUT2D eigenvalue weighted by Crippen LogP contribution is 2.34. The minimum absolute atomic E-state index is 0.196. The number of rotatable bonds is 3. The molecule has 2 rings (SSSR count). The summed E-state index contributed by atoms with van der Waals surface area (Å²) in [5, 5.41) is 9.03. The lowest BCUT2D eigenvalue weighted by Crippen LogP contribution is -2.20. The van der Waals surface area contributed by atoms with E-state index in [2.05, 4.69) is 4.90 Å². The summed E-state index contributed by atoms with van der Waals surface area (Å²) in [6.45, 7) is 0.617. The number of carboxylic acid groups (broad SMARTS) is 1. The quantitative estimate of drug-likeness (QED) is 0.867. The van der Waals surface area contributed by atoms with Gasteiger partial charge >= 0.3 is 5.97 Å². The van der Waals surface area contributed by atoms with Gasteiger partial charge in [0.15, 0.2) is 0 Å². The van der Waals surface area contributed by atoms with Crippen LogP contribution in [-0.4, -0.2) is 36.7 Å². The van der Waals surface area contributed by atoms with Crippen LogP contribution in [0.25, 0.3) is 0 Å². The molecule has 1 aliphatic rings. The molecule has 1 aromatic rings. The van der Waals surface area contributed by atoms with Crippen molar-refractivity contribution in [1.82, 2.24) is 4.90 Å². The number of nitrogens with zero attached hydrogens (tertiary/aromatic N) is 1. The van der Waals surface area contributed by atoms with Crippen LogP contribution in [0.4, 0.5) is 0 Å². The van der Waals surface area contributed by atoms with Crippen LogP contribution in [0.1, 0.15) is 18.0 Å². The van der Waals surface area contributed by atoms with Crippen molar-refractivity contribution in [3.05, 3.63) is 29.8 Å². The fourth-order valence-electron chi connectivity index (χ4n) is 2.39. The number of aliphatic carboxylic acids is 1. The Morgan fingerprint density at radius 3 is 2.53 bits per heavy atom. The molecule has 17 heavy (non-hydrogen) atoms. The molecule has 1 aliphatic heterocycles. The fourth-order valence-corrected chi connectivity index (χ4v) is 2.39. The molecule has 0 saturated carbocycles. The summed E-state index contributed by atoms with van der Waals surface area (Å²) in [6, 6.07) is 8.03. The van der Waals surface area contributed by atoms with Crippen molar-refractivity contribution in [1.29, 1.82) is 0 Å². The van der Waals surface area contributed by atoms with Gasteiger partial charge in [-0.15, -0.1) is 0 Å². The number of hydrogen-bond acceptors (Lipinski definition) is 3. The summed E-state index contributed by atoms with van der Waals surface area (Å²) in [6.07, 6.45) is 0.679. The summed E-state index contributed by atoms with van der Waals surface area (Å²) in [7, 11) is 3.61. The van der Waals surface area contributed by atoms with E-state index in [1.54, 1.807) is 7.11 Å². The third kappa shape index (κ3) is 2.42. The number of methoxy groups -OCH3 is 1. The van der Waals surface area contributed by atoms with Gasteiger partial charge in [0.25, 0.3) is 0 Å². The first kappa shape index (κ1) is 11.9. The molecule has 0 unspecified atom stereocenters. The zero-order valence-corrected chi connectivity index (χ0v) is 10.1. The normalized spacial score (nSPS) is 24.8. The summed E-state index contributed by atoms with van der Waals surface area (Å²) >= 11 is 0. The van der Waals surface area contributed by atoms with Crippen LogP contribution in [-0.2, 0) is 4.79 Å². The average Bonchev–Trinajstić information content (AvgIpc) is 2.72. The van der Waals surface area contributed by atoms with Crippen molar-refractivity contribution in [2.45, 2.75) is 12.5 Å². The fraction of sp³-hybridized carbons (Fsp3) is 0.462. The highest BCUT2D eigenvalue weighted by molar-refractivity contribution is 5.70. The Bertz CT molecular complexity index is 402. The minimum Gasteiger partial charge on any atom is -0.497 e. The molecule has 1 N–H and O–H groups in total. The molecule has 92 valence electrons. The molecule has 0 spiro atoms. The average molecular weight is 235 g/mol. The van der Waals surface area contributed by atoms with Gasteiger partial charge in [-0.2, -0.15) is 0 Å². The Morgan fingerprint density at radius 1 is 1.41 bits per heavy atom. The lowest BCUT2D eigenvalue weighted by molar-refractivity contribution is -0.141. The Kier molecular flexibility index (Phi) is 3.33. The molecule has 0 aromatic heterocycles. The molecule has 4 nitrogen and oxygen atoms in total. The molecule has 1 saturated heterocycles. The second-order valence-corrected chi connectivity index (χ2v) is 4.50. The topological polar surface area (TPSA) is 49.8 Å². The highest BCUT2D eigenvalue weighted by Gasteiger charge is 2.34. The van der Waals surface area contributed by atoms with Gasteiger partial charge in [0.2, 0.25) is 0 Å². The minimum atomic E-state index is -0.701. The summed E-state index contributed by atoms with van der Waals surface area (Å²) in [4.78, 5) is 13.1. The molecule has 1 aromatic carbocycles. The second kappa shape index (κ2) is 4.75. The zero-order valence-electron chi connectivity index (χ0n) is 10.1. The van der Waals surface area contributed by atoms with Crippen LogP contribution in [0.5, 0.6) is 5.75 Å². The second-order valence-electron chi connectivity index (χ2n) is 4.50.